The summed E-state index contributed by atoms with van der Waals surface area (Å²) in [7, 11) is 1.71. The van der Waals surface area contributed by atoms with E-state index in [2.05, 4.69) is 51.6 Å². The molecule has 4 rings (SSSR count). The van der Waals surface area contributed by atoms with Crippen LogP contribution in [0, 0.1) is 13.8 Å². The van der Waals surface area contributed by atoms with Crippen LogP contribution >= 0.6 is 11.3 Å². The van der Waals surface area contributed by atoms with Crippen LogP contribution in [0.4, 0.5) is 0 Å². The topological polar surface area (TPSA) is 65.3 Å². The molecule has 0 aliphatic carbocycles. The van der Waals surface area contributed by atoms with Gasteiger partial charge in [0.2, 0.25) is 0 Å². The zero-order chi connectivity index (χ0) is 19.5. The van der Waals surface area contributed by atoms with E-state index in [9.17, 15) is 0 Å². The number of benzene rings is 1. The van der Waals surface area contributed by atoms with Crippen LogP contribution in [0.2, 0.25) is 0 Å². The van der Waals surface area contributed by atoms with Gasteiger partial charge in [-0.1, -0.05) is 0 Å². The van der Waals surface area contributed by atoms with Gasteiger partial charge >= 0.3 is 0 Å². The zero-order valence-corrected chi connectivity index (χ0v) is 17.3. The molecule has 0 saturated heterocycles. The molecular formula is C20H25N5O2S. The van der Waals surface area contributed by atoms with Crippen LogP contribution in [0.5, 0.6) is 11.5 Å². The molecule has 0 amide bonds. The van der Waals surface area contributed by atoms with Gasteiger partial charge in [-0.25, -0.2) is 4.68 Å². The SMILES string of the molecule is COc1cc(-c2ccc(C)s2)cc2c1OCCN(CCCn1nnnc1C)C2. The maximum Gasteiger partial charge on any atom is 0.165 e. The van der Waals surface area contributed by atoms with Crippen molar-refractivity contribution in [3.63, 3.8) is 0 Å². The highest BCUT2D eigenvalue weighted by Gasteiger charge is 2.21. The van der Waals surface area contributed by atoms with Crippen LogP contribution in [0.15, 0.2) is 24.3 Å². The monoisotopic (exact) mass is 399 g/mol. The lowest BCUT2D eigenvalue weighted by atomic mass is 10.1. The lowest BCUT2D eigenvalue weighted by Crippen LogP contribution is -2.27. The van der Waals surface area contributed by atoms with Gasteiger partial charge in [0, 0.05) is 41.5 Å². The number of thiophene rings is 1. The summed E-state index contributed by atoms with van der Waals surface area (Å²) in [4.78, 5) is 4.98. The number of hydrogen-bond acceptors (Lipinski definition) is 7. The average Bonchev–Trinajstić information content (AvgIpc) is 3.24. The Balaban J connectivity index is 1.51. The molecule has 0 fully saturated rings. The van der Waals surface area contributed by atoms with Gasteiger partial charge in [-0.2, -0.15) is 0 Å². The summed E-state index contributed by atoms with van der Waals surface area (Å²) in [6, 6.07) is 8.65. The van der Waals surface area contributed by atoms with Crippen molar-refractivity contribution in [2.45, 2.75) is 33.4 Å². The standard InChI is InChI=1S/C20H25N5O2S/c1-14-5-6-19(28-14)16-11-17-13-24(7-4-8-25-15(2)21-22-23-25)9-10-27-20(17)18(12-16)26-3/h5-6,11-12H,4,7-10,13H2,1-3H3. The Bertz CT molecular complexity index is 952. The summed E-state index contributed by atoms with van der Waals surface area (Å²) in [5, 5.41) is 11.7. The van der Waals surface area contributed by atoms with E-state index in [1.807, 2.05) is 11.6 Å². The molecule has 1 aromatic carbocycles. The van der Waals surface area contributed by atoms with Crippen molar-refractivity contribution in [2.75, 3.05) is 26.8 Å². The quantitative estimate of drug-likeness (QED) is 0.634. The van der Waals surface area contributed by atoms with Gasteiger partial charge in [0.1, 0.15) is 12.4 Å². The Morgan fingerprint density at radius 1 is 1.21 bits per heavy atom. The van der Waals surface area contributed by atoms with Crippen molar-refractivity contribution in [3.05, 3.63) is 40.5 Å². The molecule has 0 unspecified atom stereocenters. The summed E-state index contributed by atoms with van der Waals surface area (Å²) in [5.41, 5.74) is 2.36. The van der Waals surface area contributed by atoms with Crippen molar-refractivity contribution in [2.24, 2.45) is 0 Å². The lowest BCUT2D eigenvalue weighted by Gasteiger charge is -2.19. The normalized spacial score (nSPS) is 14.4. The van der Waals surface area contributed by atoms with Crippen LogP contribution in [0.1, 0.15) is 22.7 Å². The number of aromatic nitrogens is 4. The van der Waals surface area contributed by atoms with Crippen molar-refractivity contribution in [3.8, 4) is 21.9 Å². The molecule has 3 heterocycles. The predicted octanol–water partition coefficient (Wildman–Crippen LogP) is 3.31. The second kappa shape index (κ2) is 8.28. The first-order valence-electron chi connectivity index (χ1n) is 9.49. The first-order valence-corrected chi connectivity index (χ1v) is 10.3. The maximum absolute atomic E-state index is 6.07. The van der Waals surface area contributed by atoms with E-state index in [-0.39, 0.29) is 0 Å². The smallest absolute Gasteiger partial charge is 0.165 e. The second-order valence-corrected chi connectivity index (χ2v) is 8.29. The van der Waals surface area contributed by atoms with E-state index in [0.717, 1.165) is 49.9 Å². The van der Waals surface area contributed by atoms with Gasteiger partial charge in [-0.05, 0) is 60.5 Å². The van der Waals surface area contributed by atoms with Gasteiger partial charge in [0.25, 0.3) is 0 Å². The average molecular weight is 400 g/mol. The first kappa shape index (κ1) is 18.9. The van der Waals surface area contributed by atoms with E-state index in [1.54, 1.807) is 18.4 Å². The molecule has 7 nitrogen and oxygen atoms in total. The first-order chi connectivity index (χ1) is 13.6. The highest BCUT2D eigenvalue weighted by Crippen LogP contribution is 2.40. The molecule has 148 valence electrons. The van der Waals surface area contributed by atoms with E-state index < -0.39 is 0 Å². The fourth-order valence-electron chi connectivity index (χ4n) is 3.51. The minimum atomic E-state index is 0.657. The largest absolute Gasteiger partial charge is 0.493 e. The molecule has 1 aliphatic rings. The second-order valence-electron chi connectivity index (χ2n) is 7.00. The number of ether oxygens (including phenoxy) is 2. The minimum absolute atomic E-state index is 0.657. The van der Waals surface area contributed by atoms with E-state index in [0.29, 0.717) is 6.61 Å². The molecule has 0 bridgehead atoms. The number of nitrogens with zero attached hydrogens (tertiary/aromatic N) is 5. The molecule has 2 aromatic heterocycles. The number of hydrogen-bond donors (Lipinski definition) is 0. The number of tetrazole rings is 1. The molecule has 0 N–H and O–H groups in total. The van der Waals surface area contributed by atoms with Crippen LogP contribution in [0.25, 0.3) is 10.4 Å². The number of fused-ring (bicyclic) bond motifs is 1. The van der Waals surface area contributed by atoms with Gasteiger partial charge in [0.05, 0.1) is 7.11 Å². The number of rotatable bonds is 6. The van der Waals surface area contributed by atoms with Crippen LogP contribution in [0.3, 0.4) is 0 Å². The highest BCUT2D eigenvalue weighted by atomic mass is 32.1. The van der Waals surface area contributed by atoms with Crippen LogP contribution in [-0.4, -0.2) is 51.9 Å². The molecule has 8 heteroatoms. The third kappa shape index (κ3) is 4.02. The zero-order valence-electron chi connectivity index (χ0n) is 16.5. The molecule has 0 radical (unpaired) electrons. The van der Waals surface area contributed by atoms with Crippen molar-refractivity contribution < 1.29 is 9.47 Å². The fourth-order valence-corrected chi connectivity index (χ4v) is 4.37. The molecule has 0 saturated carbocycles. The molecule has 1 aliphatic heterocycles. The summed E-state index contributed by atoms with van der Waals surface area (Å²) in [6.45, 7) is 8.23. The van der Waals surface area contributed by atoms with Crippen LogP contribution in [-0.2, 0) is 13.1 Å². The Labute approximate surface area is 168 Å². The Morgan fingerprint density at radius 2 is 2.11 bits per heavy atom. The van der Waals surface area contributed by atoms with Crippen molar-refractivity contribution >= 4 is 11.3 Å². The summed E-state index contributed by atoms with van der Waals surface area (Å²) < 4.78 is 13.6. The van der Waals surface area contributed by atoms with Crippen LogP contribution < -0.4 is 9.47 Å². The Hall–Kier alpha value is -2.45. The molecule has 0 spiro atoms. The van der Waals surface area contributed by atoms with E-state index >= 15 is 0 Å². The van der Waals surface area contributed by atoms with Gasteiger partial charge in [0.15, 0.2) is 11.5 Å². The lowest BCUT2D eigenvalue weighted by molar-refractivity contribution is 0.217. The predicted molar refractivity (Wildman–Crippen MR) is 109 cm³/mol. The number of aryl methyl sites for hydroxylation is 3. The third-order valence-electron chi connectivity index (χ3n) is 4.98. The summed E-state index contributed by atoms with van der Waals surface area (Å²) >= 11 is 1.80. The third-order valence-corrected chi connectivity index (χ3v) is 6.03. The highest BCUT2D eigenvalue weighted by molar-refractivity contribution is 7.15. The maximum atomic E-state index is 6.07. The molecule has 3 aromatic rings. The fraction of sp³-hybridized carbons (Fsp3) is 0.450. The van der Waals surface area contributed by atoms with E-state index in [1.165, 1.54) is 20.9 Å². The van der Waals surface area contributed by atoms with Crippen molar-refractivity contribution in [1.82, 2.24) is 25.1 Å². The molecular weight excluding hydrogens is 374 g/mol. The summed E-state index contributed by atoms with van der Waals surface area (Å²) in [6.07, 6.45) is 0.988. The minimum Gasteiger partial charge on any atom is -0.493 e. The van der Waals surface area contributed by atoms with Gasteiger partial charge in [-0.15, -0.1) is 16.4 Å². The van der Waals surface area contributed by atoms with Gasteiger partial charge < -0.3 is 9.47 Å². The van der Waals surface area contributed by atoms with Gasteiger partial charge in [-0.3, -0.25) is 4.90 Å². The summed E-state index contributed by atoms with van der Waals surface area (Å²) in [5.74, 6) is 2.54. The Morgan fingerprint density at radius 3 is 2.82 bits per heavy atom. The van der Waals surface area contributed by atoms with Crippen molar-refractivity contribution in [1.29, 1.82) is 0 Å². The molecule has 0 atom stereocenters. The molecule has 28 heavy (non-hydrogen) atoms. The number of methoxy groups -OCH3 is 1. The Kier molecular flexibility index (Phi) is 5.59. The van der Waals surface area contributed by atoms with E-state index in [4.69, 9.17) is 9.47 Å².